The molecule has 0 aliphatic rings. The van der Waals surface area contributed by atoms with E-state index in [0.29, 0.717) is 37.1 Å². The predicted octanol–water partition coefficient (Wildman–Crippen LogP) is 1.17. The van der Waals surface area contributed by atoms with Crippen molar-refractivity contribution in [2.45, 2.75) is 26.2 Å². The minimum absolute atomic E-state index is 0.0222. The number of nitrogens with one attached hydrogen (secondary N) is 1. The molecule has 0 radical (unpaired) electrons. The van der Waals surface area contributed by atoms with Crippen LogP contribution in [0.2, 0.25) is 0 Å². The van der Waals surface area contributed by atoms with Gasteiger partial charge in [-0.3, -0.25) is 4.79 Å². The fourth-order valence-corrected chi connectivity index (χ4v) is 1.77. The molecule has 8 nitrogen and oxygen atoms in total. The van der Waals surface area contributed by atoms with Gasteiger partial charge < -0.3 is 20.4 Å². The van der Waals surface area contributed by atoms with Crippen LogP contribution in [0, 0.1) is 4.91 Å². The van der Waals surface area contributed by atoms with Gasteiger partial charge in [0.05, 0.1) is 6.61 Å². The van der Waals surface area contributed by atoms with Crippen molar-refractivity contribution in [2.24, 2.45) is 10.9 Å². The van der Waals surface area contributed by atoms with Crippen molar-refractivity contribution in [1.29, 1.82) is 0 Å². The number of rotatable bonds is 10. The van der Waals surface area contributed by atoms with E-state index < -0.39 is 0 Å². The summed E-state index contributed by atoms with van der Waals surface area (Å²) in [7, 11) is 0. The van der Waals surface area contributed by atoms with Crippen molar-refractivity contribution in [1.82, 2.24) is 5.48 Å². The maximum Gasteiger partial charge on any atom is 0.252 e. The molecular formula is C14H21N3O5. The van der Waals surface area contributed by atoms with Crippen LogP contribution >= 0.6 is 0 Å². The highest BCUT2D eigenvalue weighted by atomic mass is 16.7. The molecule has 1 aromatic carbocycles. The second-order valence-corrected chi connectivity index (χ2v) is 4.51. The molecule has 0 aromatic heterocycles. The zero-order chi connectivity index (χ0) is 16.4. The number of aliphatic hydroxyl groups excluding tert-OH is 1. The summed E-state index contributed by atoms with van der Waals surface area (Å²) in [4.78, 5) is 27.6. The van der Waals surface area contributed by atoms with Gasteiger partial charge in [-0.25, -0.2) is 0 Å². The van der Waals surface area contributed by atoms with Crippen LogP contribution in [0.15, 0.2) is 17.3 Å². The van der Waals surface area contributed by atoms with Gasteiger partial charge in [0.1, 0.15) is 12.4 Å². The summed E-state index contributed by atoms with van der Waals surface area (Å²) in [5.74, 6) is 0.267. The predicted molar refractivity (Wildman–Crippen MR) is 80.9 cm³/mol. The summed E-state index contributed by atoms with van der Waals surface area (Å²) < 4.78 is 5.26. The summed E-state index contributed by atoms with van der Waals surface area (Å²) in [6.07, 6.45) is 1.50. The van der Waals surface area contributed by atoms with Crippen molar-refractivity contribution < 1.29 is 19.5 Å². The lowest BCUT2D eigenvalue weighted by Crippen LogP contribution is -2.27. The topological polar surface area (TPSA) is 123 Å². The Hall–Kier alpha value is -2.19. The summed E-state index contributed by atoms with van der Waals surface area (Å²) in [5, 5.41) is 11.7. The molecule has 1 amide bonds. The number of ether oxygens (including phenoxy) is 1. The molecule has 0 saturated carbocycles. The highest BCUT2D eigenvalue weighted by Gasteiger charge is 2.14. The number of nitrogens with two attached hydrogens (primary N) is 1. The third-order valence-corrected chi connectivity index (χ3v) is 2.75. The minimum atomic E-state index is -0.262. The highest BCUT2D eigenvalue weighted by molar-refractivity contribution is 5.75. The van der Waals surface area contributed by atoms with E-state index in [-0.39, 0.29) is 30.6 Å². The molecule has 8 heteroatoms. The molecule has 0 bridgehead atoms. The van der Waals surface area contributed by atoms with Gasteiger partial charge in [0.25, 0.3) is 5.91 Å². The Bertz CT molecular complexity index is 507. The van der Waals surface area contributed by atoms with E-state index in [1.54, 1.807) is 6.07 Å². The summed E-state index contributed by atoms with van der Waals surface area (Å²) in [5.41, 5.74) is 8.54. The van der Waals surface area contributed by atoms with E-state index >= 15 is 0 Å². The molecule has 1 aromatic rings. The summed E-state index contributed by atoms with van der Waals surface area (Å²) in [6.45, 7) is 2.08. The molecule has 0 saturated heterocycles. The number of hydrogen-bond donors (Lipinski definition) is 3. The monoisotopic (exact) mass is 311 g/mol. The van der Waals surface area contributed by atoms with Crippen molar-refractivity contribution >= 4 is 11.6 Å². The number of carbonyl (C=O) groups excluding carboxylic acids is 1. The Labute approximate surface area is 128 Å². The Morgan fingerprint density at radius 3 is 2.77 bits per heavy atom. The largest absolute Gasteiger partial charge is 0.489 e. The molecule has 1 rings (SSSR count). The van der Waals surface area contributed by atoms with Gasteiger partial charge in [-0.15, -0.1) is 4.91 Å². The molecule has 0 unspecified atom stereocenters. The molecule has 22 heavy (non-hydrogen) atoms. The van der Waals surface area contributed by atoms with Crippen LogP contribution in [0.25, 0.3) is 0 Å². The van der Waals surface area contributed by atoms with E-state index in [9.17, 15) is 9.70 Å². The molecule has 0 atom stereocenters. The second-order valence-electron chi connectivity index (χ2n) is 4.51. The van der Waals surface area contributed by atoms with Gasteiger partial charge >= 0.3 is 0 Å². The number of benzene rings is 1. The number of nitrogens with zero attached hydrogens (tertiary/aromatic N) is 1. The van der Waals surface area contributed by atoms with Crippen LogP contribution in [0.5, 0.6) is 11.5 Å². The molecule has 122 valence electrons. The number of aliphatic hydroxyl groups is 1. The normalized spacial score (nSPS) is 10.1. The smallest absolute Gasteiger partial charge is 0.252 e. The van der Waals surface area contributed by atoms with Gasteiger partial charge in [-0.05, 0) is 30.6 Å². The summed E-state index contributed by atoms with van der Waals surface area (Å²) in [6, 6.07) is 2.94. The number of nitroso groups, excluding NO2 is 1. The van der Waals surface area contributed by atoms with Crippen molar-refractivity contribution in [3.8, 4) is 11.5 Å². The van der Waals surface area contributed by atoms with Gasteiger partial charge in [-0.1, -0.05) is 6.92 Å². The Kier molecular flexibility index (Phi) is 7.87. The van der Waals surface area contributed by atoms with E-state index in [2.05, 4.69) is 10.7 Å². The van der Waals surface area contributed by atoms with Crippen LogP contribution in [0.4, 0.5) is 5.69 Å². The van der Waals surface area contributed by atoms with E-state index in [1.807, 2.05) is 6.92 Å². The van der Waals surface area contributed by atoms with Gasteiger partial charge in [0.2, 0.25) is 0 Å². The van der Waals surface area contributed by atoms with Crippen molar-refractivity contribution in [3.05, 3.63) is 22.6 Å². The first-order valence-corrected chi connectivity index (χ1v) is 7.05. The average molecular weight is 311 g/mol. The maximum atomic E-state index is 11.4. The molecular weight excluding hydrogens is 290 g/mol. The average Bonchev–Trinajstić information content (AvgIpc) is 2.52. The maximum absolute atomic E-state index is 11.4. The minimum Gasteiger partial charge on any atom is -0.489 e. The van der Waals surface area contributed by atoms with E-state index in [4.69, 9.17) is 20.4 Å². The summed E-state index contributed by atoms with van der Waals surface area (Å²) >= 11 is 0. The Morgan fingerprint density at radius 2 is 2.18 bits per heavy atom. The van der Waals surface area contributed by atoms with Gasteiger partial charge in [0.15, 0.2) is 11.4 Å². The first-order chi connectivity index (χ1) is 10.7. The van der Waals surface area contributed by atoms with Crippen molar-refractivity contribution in [3.63, 3.8) is 0 Å². The molecule has 0 aliphatic heterocycles. The number of amides is 1. The van der Waals surface area contributed by atoms with Crippen LogP contribution in [-0.4, -0.2) is 30.8 Å². The van der Waals surface area contributed by atoms with Crippen LogP contribution in [0.1, 0.15) is 25.3 Å². The lowest BCUT2D eigenvalue weighted by atomic mass is 10.1. The first kappa shape index (κ1) is 17.9. The van der Waals surface area contributed by atoms with Crippen molar-refractivity contribution in [2.75, 3.05) is 19.8 Å². The first-order valence-electron chi connectivity index (χ1n) is 7.05. The van der Waals surface area contributed by atoms with E-state index in [1.165, 1.54) is 6.07 Å². The van der Waals surface area contributed by atoms with Crippen LogP contribution < -0.4 is 20.8 Å². The Morgan fingerprint density at radius 1 is 1.41 bits per heavy atom. The zero-order valence-corrected chi connectivity index (χ0v) is 12.5. The van der Waals surface area contributed by atoms with Gasteiger partial charge in [0, 0.05) is 18.1 Å². The highest BCUT2D eigenvalue weighted by Crippen LogP contribution is 2.35. The third-order valence-electron chi connectivity index (χ3n) is 2.75. The standard InChI is InChI=1S/C14H21N3O5/c1-2-3-14(19)17-22-12-9-11(16-20)13(21-7-6-18)8-10(12)4-5-15/h8-9,18H,2-7,15H2,1H3,(H,17,19). The van der Waals surface area contributed by atoms with E-state index in [0.717, 1.165) is 0 Å². The fourth-order valence-electron chi connectivity index (χ4n) is 1.77. The lowest BCUT2D eigenvalue weighted by molar-refractivity contribution is -0.127. The number of hydroxylamine groups is 1. The number of carbonyl (C=O) groups is 1. The molecule has 0 fully saturated rings. The SMILES string of the molecule is CCCC(=O)NOc1cc(N=O)c(OCCO)cc1CCN. The quantitative estimate of drug-likeness (QED) is 0.440. The molecule has 0 heterocycles. The van der Waals surface area contributed by atoms with Crippen LogP contribution in [0.3, 0.4) is 0 Å². The second kappa shape index (κ2) is 9.69. The number of hydrogen-bond acceptors (Lipinski definition) is 7. The van der Waals surface area contributed by atoms with Gasteiger partial charge in [-0.2, -0.15) is 5.48 Å². The molecule has 0 aliphatic carbocycles. The fraction of sp³-hybridized carbons (Fsp3) is 0.500. The van der Waals surface area contributed by atoms with Crippen LogP contribution in [-0.2, 0) is 11.2 Å². The lowest BCUT2D eigenvalue weighted by Gasteiger charge is -2.14. The zero-order valence-electron chi connectivity index (χ0n) is 12.5. The molecule has 0 spiro atoms. The Balaban J connectivity index is 2.97. The molecule has 4 N–H and O–H groups in total. The third kappa shape index (κ3) is 5.30.